The molecule has 0 aliphatic rings. The maximum atomic E-state index is 11.3. The van der Waals surface area contributed by atoms with Crippen molar-refractivity contribution in [3.8, 4) is 0 Å². The van der Waals surface area contributed by atoms with Crippen LogP contribution in [0.4, 0.5) is 0 Å². The molecule has 2 rings (SSSR count). The zero-order valence-corrected chi connectivity index (χ0v) is 18.2. The Bertz CT molecular complexity index is 820. The first-order valence-electron chi connectivity index (χ1n) is 10.6. The van der Waals surface area contributed by atoms with Gasteiger partial charge >= 0.3 is 5.97 Å². The van der Waals surface area contributed by atoms with E-state index in [0.717, 1.165) is 35.3 Å². The van der Waals surface area contributed by atoms with Crippen LogP contribution in [0, 0.1) is 5.92 Å². The average molecular weight is 428 g/mol. The molecule has 168 valence electrons. The van der Waals surface area contributed by atoms with Gasteiger partial charge in [0.1, 0.15) is 6.04 Å². The van der Waals surface area contributed by atoms with Crippen LogP contribution in [0.25, 0.3) is 0 Å². The highest BCUT2D eigenvalue weighted by molar-refractivity contribution is 5.74. The van der Waals surface area contributed by atoms with Gasteiger partial charge in [-0.25, -0.2) is 5.48 Å². The molecule has 7 heteroatoms. The fraction of sp³-hybridized carbons (Fsp3) is 0.417. The number of amides is 1. The minimum absolute atomic E-state index is 0.258. The van der Waals surface area contributed by atoms with Gasteiger partial charge in [0.15, 0.2) is 0 Å². The van der Waals surface area contributed by atoms with E-state index in [0.29, 0.717) is 25.3 Å². The zero-order valence-electron chi connectivity index (χ0n) is 18.2. The molecule has 2 aromatic carbocycles. The molecule has 2 aromatic rings. The number of aryl methyl sites for hydroxylation is 1. The van der Waals surface area contributed by atoms with Gasteiger partial charge in [-0.3, -0.25) is 14.8 Å². The zero-order chi connectivity index (χ0) is 22.6. The lowest BCUT2D eigenvalue weighted by atomic mass is 10.0. The number of carbonyl (C=O) groups is 2. The molecule has 0 aromatic heterocycles. The van der Waals surface area contributed by atoms with Crippen molar-refractivity contribution >= 4 is 11.9 Å². The van der Waals surface area contributed by atoms with Crippen LogP contribution in [0.3, 0.4) is 0 Å². The summed E-state index contributed by atoms with van der Waals surface area (Å²) in [6.45, 7) is 6.04. The van der Waals surface area contributed by atoms with E-state index in [4.69, 9.17) is 5.21 Å². The lowest BCUT2D eigenvalue weighted by Crippen LogP contribution is -2.37. The Morgan fingerprint density at radius 3 is 1.77 bits per heavy atom. The first-order valence-corrected chi connectivity index (χ1v) is 10.6. The molecule has 0 bridgehead atoms. The highest BCUT2D eigenvalue weighted by Crippen LogP contribution is 2.10. The van der Waals surface area contributed by atoms with E-state index in [2.05, 4.69) is 22.8 Å². The molecule has 1 amide bonds. The van der Waals surface area contributed by atoms with Crippen molar-refractivity contribution < 1.29 is 19.9 Å². The molecule has 0 saturated carbocycles. The molecule has 0 aliphatic carbocycles. The van der Waals surface area contributed by atoms with Gasteiger partial charge in [-0.15, -0.1) is 0 Å². The summed E-state index contributed by atoms with van der Waals surface area (Å²) in [5, 5.41) is 24.4. The summed E-state index contributed by atoms with van der Waals surface area (Å²) in [6.07, 6.45) is 1.45. The number of benzene rings is 2. The number of aliphatic carboxylic acids is 1. The minimum atomic E-state index is -0.807. The highest BCUT2D eigenvalue weighted by atomic mass is 16.5. The number of carboxylic acid groups (broad SMARTS) is 1. The van der Waals surface area contributed by atoms with E-state index in [1.54, 1.807) is 5.48 Å². The van der Waals surface area contributed by atoms with Gasteiger partial charge in [0, 0.05) is 26.1 Å². The Morgan fingerprint density at radius 1 is 0.839 bits per heavy atom. The molecule has 0 unspecified atom stereocenters. The van der Waals surface area contributed by atoms with Gasteiger partial charge in [-0.1, -0.05) is 62.4 Å². The summed E-state index contributed by atoms with van der Waals surface area (Å²) in [4.78, 5) is 22.4. The average Bonchev–Trinajstić information content (AvgIpc) is 2.76. The second kappa shape index (κ2) is 12.8. The topological polar surface area (TPSA) is 111 Å². The normalized spacial score (nSPS) is 12.0. The van der Waals surface area contributed by atoms with Gasteiger partial charge in [0.25, 0.3) is 0 Å². The van der Waals surface area contributed by atoms with Crippen LogP contribution >= 0.6 is 0 Å². The predicted octanol–water partition coefficient (Wildman–Crippen LogP) is 3.00. The summed E-state index contributed by atoms with van der Waals surface area (Å²) < 4.78 is 0. The van der Waals surface area contributed by atoms with Crippen LogP contribution in [0.1, 0.15) is 48.9 Å². The number of carboxylic acids is 1. The molecule has 0 radical (unpaired) electrons. The van der Waals surface area contributed by atoms with E-state index < -0.39 is 12.0 Å². The molecular weight excluding hydrogens is 394 g/mol. The van der Waals surface area contributed by atoms with E-state index >= 15 is 0 Å². The first-order chi connectivity index (χ1) is 14.9. The van der Waals surface area contributed by atoms with Crippen molar-refractivity contribution in [2.24, 2.45) is 5.92 Å². The Hall–Kier alpha value is -2.74. The van der Waals surface area contributed by atoms with E-state index in [1.807, 2.05) is 50.2 Å². The monoisotopic (exact) mass is 427 g/mol. The smallest absolute Gasteiger partial charge is 0.320 e. The van der Waals surface area contributed by atoms with E-state index in [9.17, 15) is 14.7 Å². The van der Waals surface area contributed by atoms with Gasteiger partial charge in [-0.2, -0.15) is 0 Å². The fourth-order valence-corrected chi connectivity index (χ4v) is 3.25. The first kappa shape index (κ1) is 24.5. The third-order valence-corrected chi connectivity index (χ3v) is 5.03. The van der Waals surface area contributed by atoms with Crippen LogP contribution in [0.15, 0.2) is 48.5 Å². The van der Waals surface area contributed by atoms with Gasteiger partial charge < -0.3 is 15.7 Å². The lowest BCUT2D eigenvalue weighted by Gasteiger charge is -2.16. The maximum absolute atomic E-state index is 11.3. The summed E-state index contributed by atoms with van der Waals surface area (Å²) in [7, 11) is 0. The minimum Gasteiger partial charge on any atom is -0.480 e. The SMILES string of the molecule is CC(C)C[C@@H](NCc1ccc(CNCc2ccc(CCC(=O)NO)cc2)cc1)C(=O)O. The molecule has 0 aliphatic heterocycles. The fourth-order valence-electron chi connectivity index (χ4n) is 3.25. The molecule has 31 heavy (non-hydrogen) atoms. The third-order valence-electron chi connectivity index (χ3n) is 5.03. The Kier molecular flexibility index (Phi) is 10.2. The molecule has 0 saturated heterocycles. The molecule has 7 nitrogen and oxygen atoms in total. The van der Waals surface area contributed by atoms with Crippen molar-refractivity contribution in [2.45, 2.75) is 58.8 Å². The van der Waals surface area contributed by atoms with Crippen LogP contribution in [0.2, 0.25) is 0 Å². The van der Waals surface area contributed by atoms with Crippen LogP contribution < -0.4 is 16.1 Å². The van der Waals surface area contributed by atoms with Crippen LogP contribution in [-0.2, 0) is 35.6 Å². The van der Waals surface area contributed by atoms with Crippen molar-refractivity contribution in [1.29, 1.82) is 0 Å². The summed E-state index contributed by atoms with van der Waals surface area (Å²) in [5.74, 6) is -0.867. The third kappa shape index (κ3) is 9.29. The lowest BCUT2D eigenvalue weighted by molar-refractivity contribution is -0.140. The summed E-state index contributed by atoms with van der Waals surface area (Å²) >= 11 is 0. The van der Waals surface area contributed by atoms with Crippen molar-refractivity contribution in [1.82, 2.24) is 16.1 Å². The molecular formula is C24H33N3O4. The standard InChI is InChI=1S/C24H33N3O4/c1-17(2)13-22(24(29)30)26-16-21-9-7-20(8-10-21)15-25-14-19-5-3-18(4-6-19)11-12-23(28)27-31/h3-10,17,22,25-26,31H,11-16H2,1-2H3,(H,27,28)(H,29,30)/t22-/m1/s1. The maximum Gasteiger partial charge on any atom is 0.320 e. The number of carbonyl (C=O) groups excluding carboxylic acids is 1. The highest BCUT2D eigenvalue weighted by Gasteiger charge is 2.17. The number of hydrogen-bond acceptors (Lipinski definition) is 5. The van der Waals surface area contributed by atoms with Crippen molar-refractivity contribution in [3.63, 3.8) is 0 Å². The van der Waals surface area contributed by atoms with Gasteiger partial charge in [0.2, 0.25) is 5.91 Å². The van der Waals surface area contributed by atoms with E-state index in [-0.39, 0.29) is 12.3 Å². The Balaban J connectivity index is 1.74. The number of hydrogen-bond donors (Lipinski definition) is 5. The van der Waals surface area contributed by atoms with Crippen molar-refractivity contribution in [2.75, 3.05) is 0 Å². The Labute approximate surface area is 183 Å². The second-order valence-corrected chi connectivity index (χ2v) is 8.17. The molecule has 0 heterocycles. The van der Waals surface area contributed by atoms with E-state index in [1.165, 1.54) is 0 Å². The Morgan fingerprint density at radius 2 is 1.32 bits per heavy atom. The molecule has 1 atom stereocenters. The largest absolute Gasteiger partial charge is 0.480 e. The number of hydroxylamine groups is 1. The van der Waals surface area contributed by atoms with Crippen molar-refractivity contribution in [3.05, 3.63) is 70.8 Å². The molecule has 0 fully saturated rings. The quantitative estimate of drug-likeness (QED) is 0.248. The predicted molar refractivity (Wildman–Crippen MR) is 119 cm³/mol. The number of rotatable bonds is 13. The van der Waals surface area contributed by atoms with Crippen LogP contribution in [-0.4, -0.2) is 28.2 Å². The van der Waals surface area contributed by atoms with Gasteiger partial charge in [0.05, 0.1) is 0 Å². The number of nitrogens with one attached hydrogen (secondary N) is 3. The van der Waals surface area contributed by atoms with Gasteiger partial charge in [-0.05, 0) is 41.0 Å². The summed E-state index contributed by atoms with van der Waals surface area (Å²) in [6, 6.07) is 15.7. The van der Waals surface area contributed by atoms with Crippen LogP contribution in [0.5, 0.6) is 0 Å². The second-order valence-electron chi connectivity index (χ2n) is 8.17. The molecule has 0 spiro atoms. The summed E-state index contributed by atoms with van der Waals surface area (Å²) in [5.41, 5.74) is 6.06. The molecule has 5 N–H and O–H groups in total.